The molecule has 3 N–H and O–H groups in total. The van der Waals surface area contributed by atoms with Crippen LogP contribution in [0.4, 0.5) is 0 Å². The van der Waals surface area contributed by atoms with Crippen molar-refractivity contribution in [2.75, 3.05) is 39.6 Å². The van der Waals surface area contributed by atoms with E-state index < -0.39 is 97.5 Å². The molecule has 0 aliphatic carbocycles. The molecule has 0 rings (SSSR count). The first-order valence-electron chi connectivity index (χ1n) is 39.1. The van der Waals surface area contributed by atoms with Gasteiger partial charge >= 0.3 is 39.5 Å². The largest absolute Gasteiger partial charge is 0.472 e. The van der Waals surface area contributed by atoms with Gasteiger partial charge in [0, 0.05) is 25.7 Å². The molecule has 0 fully saturated rings. The number of unbranched alkanes of at least 4 members (excludes halogenated alkanes) is 29. The first kappa shape index (κ1) is 95.7. The van der Waals surface area contributed by atoms with Crippen LogP contribution in [0.1, 0.15) is 323 Å². The van der Waals surface area contributed by atoms with Crippen LogP contribution >= 0.6 is 15.6 Å². The van der Waals surface area contributed by atoms with E-state index in [0.717, 1.165) is 173 Å². The van der Waals surface area contributed by atoms with E-state index in [1.54, 1.807) is 0 Å². The monoisotopic (exact) mass is 1450 g/mol. The molecule has 0 amide bonds. The predicted octanol–water partition coefficient (Wildman–Crippen LogP) is 22.6. The summed E-state index contributed by atoms with van der Waals surface area (Å²) in [6.45, 7) is 4.59. The second-order valence-electron chi connectivity index (χ2n) is 25.9. The summed E-state index contributed by atoms with van der Waals surface area (Å²) in [7, 11) is -9.96. The van der Waals surface area contributed by atoms with E-state index in [1.807, 2.05) is 0 Å². The molecule has 0 bridgehead atoms. The standard InChI is InChI=1S/C81H140O17P2/c1-5-9-13-17-21-25-29-33-36-37-40-43-46-50-54-58-62-66-79(84)92-71-76(97-80(85)67-63-59-55-51-47-41-32-28-24-20-16-12-8-4)73-95-99(87,88)93-69-75(82)70-94-100(89,90)96-74-77(98-81(86)68-64-60-56-52-48-44-39-35-31-27-23-19-15-11-7-3)72-91-78(83)65-61-57-53-49-45-42-38-34-30-26-22-18-14-10-6-2/h9-10,13-14,21-23,25-27,33-36,38-40,43,75-77,82H,5-8,11-12,15-20,24,28-32,37,41-42,44-74H2,1-4H3,(H,87,88)(H,89,90)/b13-9-,14-10-,25-21-,26-22-,27-23-,36-33-,38-34-,39-35-,43-40-. The van der Waals surface area contributed by atoms with Gasteiger partial charge in [-0.15, -0.1) is 0 Å². The Morgan fingerprint density at radius 2 is 0.520 bits per heavy atom. The van der Waals surface area contributed by atoms with Crippen molar-refractivity contribution in [3.63, 3.8) is 0 Å². The smallest absolute Gasteiger partial charge is 0.462 e. The maximum atomic E-state index is 13.1. The van der Waals surface area contributed by atoms with Crippen molar-refractivity contribution in [1.29, 1.82) is 0 Å². The molecule has 19 heteroatoms. The summed E-state index contributed by atoms with van der Waals surface area (Å²) in [5, 5.41) is 10.6. The van der Waals surface area contributed by atoms with E-state index in [9.17, 15) is 43.2 Å². The number of phosphoric acid groups is 2. The van der Waals surface area contributed by atoms with Gasteiger partial charge in [-0.3, -0.25) is 37.3 Å². The van der Waals surface area contributed by atoms with Crippen molar-refractivity contribution in [2.45, 2.75) is 341 Å². The number of carbonyl (C=O) groups excluding carboxylic acids is 4. The third-order valence-corrected chi connectivity index (χ3v) is 18.1. The maximum absolute atomic E-state index is 13.1. The Morgan fingerprint density at radius 3 is 0.820 bits per heavy atom. The van der Waals surface area contributed by atoms with Gasteiger partial charge in [0.1, 0.15) is 19.3 Å². The highest BCUT2D eigenvalue weighted by molar-refractivity contribution is 7.47. The number of hydrogen-bond acceptors (Lipinski definition) is 15. The number of aliphatic hydroxyl groups is 1. The molecule has 100 heavy (non-hydrogen) atoms. The Bertz CT molecular complexity index is 2320. The first-order valence-corrected chi connectivity index (χ1v) is 42.1. The van der Waals surface area contributed by atoms with Crippen LogP contribution < -0.4 is 0 Å². The third kappa shape index (κ3) is 72.1. The summed E-state index contributed by atoms with van der Waals surface area (Å²) in [5.41, 5.74) is 0. The second kappa shape index (κ2) is 73.0. The van der Waals surface area contributed by atoms with Crippen LogP contribution in [-0.4, -0.2) is 96.7 Å². The van der Waals surface area contributed by atoms with Gasteiger partial charge in [-0.05, 0) is 128 Å². The Morgan fingerprint density at radius 1 is 0.290 bits per heavy atom. The number of rotatable bonds is 73. The fourth-order valence-corrected chi connectivity index (χ4v) is 11.9. The van der Waals surface area contributed by atoms with Gasteiger partial charge in [-0.1, -0.05) is 278 Å². The number of carbonyl (C=O) groups is 4. The lowest BCUT2D eigenvalue weighted by atomic mass is 10.0. The van der Waals surface area contributed by atoms with Gasteiger partial charge < -0.3 is 33.8 Å². The van der Waals surface area contributed by atoms with E-state index in [-0.39, 0.29) is 25.7 Å². The summed E-state index contributed by atoms with van der Waals surface area (Å²) >= 11 is 0. The molecule has 17 nitrogen and oxygen atoms in total. The Balaban J connectivity index is 5.38. The third-order valence-electron chi connectivity index (χ3n) is 16.2. The normalized spacial score (nSPS) is 14.5. The summed E-state index contributed by atoms with van der Waals surface area (Å²) < 4.78 is 68.5. The van der Waals surface area contributed by atoms with E-state index in [0.29, 0.717) is 25.7 Å². The van der Waals surface area contributed by atoms with Crippen LogP contribution in [-0.2, 0) is 65.4 Å². The van der Waals surface area contributed by atoms with Crippen LogP contribution in [0, 0.1) is 0 Å². The van der Waals surface area contributed by atoms with Gasteiger partial charge in [0.2, 0.25) is 0 Å². The van der Waals surface area contributed by atoms with Crippen LogP contribution in [0.5, 0.6) is 0 Å². The molecule has 576 valence electrons. The first-order chi connectivity index (χ1) is 48.7. The summed E-state index contributed by atoms with van der Waals surface area (Å²) in [5.74, 6) is -2.22. The van der Waals surface area contributed by atoms with Gasteiger partial charge in [0.25, 0.3) is 0 Å². The van der Waals surface area contributed by atoms with Crippen molar-refractivity contribution in [3.05, 3.63) is 109 Å². The summed E-state index contributed by atoms with van der Waals surface area (Å²) in [6.07, 6.45) is 77.8. The summed E-state index contributed by atoms with van der Waals surface area (Å²) in [4.78, 5) is 72.9. The SMILES string of the molecule is CC/C=C\C/C=C\C/C=C\C/C=C\CCCCCCC(=O)OCC(COP(=O)(O)OCC(O)COP(=O)(O)OCC(COC(=O)CCCCCCC/C=C\C/C=C\C/C=C\CC)OC(=O)CCCCCCC/C=C\C/C=C\CCCCC)OC(=O)CCCCCCCCCCCCCCC. The second-order valence-corrected chi connectivity index (χ2v) is 28.8. The van der Waals surface area contributed by atoms with Crippen LogP contribution in [0.3, 0.4) is 0 Å². The minimum absolute atomic E-state index is 0.0741. The number of ether oxygens (including phenoxy) is 4. The molecule has 0 aromatic rings. The molecule has 0 saturated heterocycles. The molecule has 0 aromatic carbocycles. The Labute approximate surface area is 607 Å². The average molecular weight is 1450 g/mol. The summed E-state index contributed by atoms with van der Waals surface area (Å²) in [6, 6.07) is 0. The molecule has 0 spiro atoms. The minimum Gasteiger partial charge on any atom is -0.462 e. The number of allylic oxidation sites excluding steroid dienone is 18. The Kier molecular flexibility index (Phi) is 69.9. The van der Waals surface area contributed by atoms with Crippen molar-refractivity contribution in [2.24, 2.45) is 0 Å². The molecule has 0 saturated carbocycles. The number of esters is 4. The molecular weight excluding hydrogens is 1310 g/mol. The van der Waals surface area contributed by atoms with Crippen molar-refractivity contribution >= 4 is 39.5 Å². The lowest BCUT2D eigenvalue weighted by Gasteiger charge is -2.21. The lowest BCUT2D eigenvalue weighted by molar-refractivity contribution is -0.161. The van der Waals surface area contributed by atoms with Crippen LogP contribution in [0.25, 0.3) is 0 Å². The predicted molar refractivity (Wildman–Crippen MR) is 408 cm³/mol. The molecule has 0 heterocycles. The zero-order chi connectivity index (χ0) is 73.2. The minimum atomic E-state index is -4.98. The zero-order valence-corrected chi connectivity index (χ0v) is 64.6. The van der Waals surface area contributed by atoms with E-state index in [4.69, 9.17) is 37.0 Å². The Hall–Kier alpha value is -4.28. The molecule has 0 radical (unpaired) electrons. The van der Waals surface area contributed by atoms with Gasteiger partial charge in [-0.2, -0.15) is 0 Å². The molecule has 5 unspecified atom stereocenters. The van der Waals surface area contributed by atoms with Crippen molar-refractivity contribution < 1.29 is 80.2 Å². The zero-order valence-electron chi connectivity index (χ0n) is 62.8. The van der Waals surface area contributed by atoms with Crippen molar-refractivity contribution in [3.8, 4) is 0 Å². The van der Waals surface area contributed by atoms with Crippen LogP contribution in [0.15, 0.2) is 109 Å². The topological polar surface area (TPSA) is 237 Å². The van der Waals surface area contributed by atoms with Gasteiger partial charge in [-0.25, -0.2) is 9.13 Å². The number of aliphatic hydroxyl groups excluding tert-OH is 1. The highest BCUT2D eigenvalue weighted by Gasteiger charge is 2.30. The average Bonchev–Trinajstić information content (AvgIpc) is 0.965. The van der Waals surface area contributed by atoms with E-state index in [1.165, 1.54) is 70.6 Å². The van der Waals surface area contributed by atoms with E-state index >= 15 is 0 Å². The molecular formula is C81H140O17P2. The van der Waals surface area contributed by atoms with Crippen molar-refractivity contribution in [1.82, 2.24) is 0 Å². The maximum Gasteiger partial charge on any atom is 0.472 e. The van der Waals surface area contributed by atoms with E-state index in [2.05, 4.69) is 137 Å². The van der Waals surface area contributed by atoms with Crippen LogP contribution in [0.2, 0.25) is 0 Å². The quantitative estimate of drug-likeness (QED) is 0.0169. The molecule has 0 aromatic heterocycles. The molecule has 0 aliphatic heterocycles. The molecule has 0 aliphatic rings. The number of hydrogen-bond donors (Lipinski definition) is 3. The molecule has 5 atom stereocenters. The van der Waals surface area contributed by atoms with Gasteiger partial charge in [0.15, 0.2) is 12.2 Å². The lowest BCUT2D eigenvalue weighted by Crippen LogP contribution is -2.30. The fraction of sp³-hybridized carbons (Fsp3) is 0.728. The highest BCUT2D eigenvalue weighted by Crippen LogP contribution is 2.45. The fourth-order valence-electron chi connectivity index (χ4n) is 10.3. The number of phosphoric ester groups is 2. The van der Waals surface area contributed by atoms with Gasteiger partial charge in [0.05, 0.1) is 26.4 Å². The highest BCUT2D eigenvalue weighted by atomic mass is 31.2.